The predicted molar refractivity (Wildman–Crippen MR) is 50.6 cm³/mol. The third-order valence-electron chi connectivity index (χ3n) is 2.47. The summed E-state index contributed by atoms with van der Waals surface area (Å²) in [4.78, 5) is 0. The Labute approximate surface area is 78.7 Å². The van der Waals surface area contributed by atoms with Crippen molar-refractivity contribution in [2.75, 3.05) is 13.2 Å². The van der Waals surface area contributed by atoms with Gasteiger partial charge in [0.15, 0.2) is 0 Å². The molecule has 1 saturated heterocycles. The molecule has 2 heterocycles. The first-order valence-electron chi connectivity index (χ1n) is 4.86. The van der Waals surface area contributed by atoms with E-state index in [0.29, 0.717) is 11.8 Å². The molecule has 1 aromatic heterocycles. The fourth-order valence-electron chi connectivity index (χ4n) is 1.43. The molecule has 13 heavy (non-hydrogen) atoms. The van der Waals surface area contributed by atoms with Crippen LogP contribution < -0.4 is 0 Å². The smallest absolute Gasteiger partial charge is 0.0534 e. The summed E-state index contributed by atoms with van der Waals surface area (Å²) in [6.45, 7) is 7.18. The number of rotatable bonds is 3. The van der Waals surface area contributed by atoms with Crippen LogP contribution in [0, 0.1) is 5.92 Å². The van der Waals surface area contributed by atoms with Crippen molar-refractivity contribution in [3.8, 4) is 0 Å². The Bertz CT molecular complexity index is 276. The van der Waals surface area contributed by atoms with Gasteiger partial charge in [0.1, 0.15) is 0 Å². The topological polar surface area (TPSA) is 27.1 Å². The lowest BCUT2D eigenvalue weighted by Gasteiger charge is -2.25. The highest BCUT2D eigenvalue weighted by atomic mass is 16.5. The van der Waals surface area contributed by atoms with Gasteiger partial charge in [-0.3, -0.25) is 4.68 Å². The van der Waals surface area contributed by atoms with Gasteiger partial charge in [-0.1, -0.05) is 13.8 Å². The largest absolute Gasteiger partial charge is 0.381 e. The molecule has 1 aromatic rings. The Hall–Kier alpha value is -0.830. The molecule has 0 N–H and O–H groups in total. The van der Waals surface area contributed by atoms with Gasteiger partial charge in [-0.15, -0.1) is 0 Å². The van der Waals surface area contributed by atoms with Crippen LogP contribution in [-0.2, 0) is 11.3 Å². The molecule has 3 heteroatoms. The molecule has 0 amide bonds. The van der Waals surface area contributed by atoms with Crippen LogP contribution in [0.4, 0.5) is 0 Å². The van der Waals surface area contributed by atoms with Crippen molar-refractivity contribution in [2.45, 2.75) is 26.3 Å². The van der Waals surface area contributed by atoms with Gasteiger partial charge >= 0.3 is 0 Å². The van der Waals surface area contributed by atoms with Crippen molar-refractivity contribution in [2.24, 2.45) is 5.92 Å². The normalized spacial score (nSPS) is 17.8. The molecule has 0 atom stereocenters. The summed E-state index contributed by atoms with van der Waals surface area (Å²) < 4.78 is 7.15. The maximum absolute atomic E-state index is 5.12. The number of nitrogens with zero attached hydrogens (tertiary/aromatic N) is 2. The molecular formula is C10H16N2O. The lowest BCUT2D eigenvalue weighted by Crippen LogP contribution is -2.31. The minimum absolute atomic E-state index is 0.575. The van der Waals surface area contributed by atoms with Crippen molar-refractivity contribution in [1.29, 1.82) is 0 Å². The highest BCUT2D eigenvalue weighted by molar-refractivity contribution is 5.08. The number of hydrogen-bond acceptors (Lipinski definition) is 2. The Balaban J connectivity index is 1.96. The Kier molecular flexibility index (Phi) is 2.36. The van der Waals surface area contributed by atoms with E-state index in [4.69, 9.17) is 4.74 Å². The van der Waals surface area contributed by atoms with E-state index in [1.165, 1.54) is 5.56 Å². The van der Waals surface area contributed by atoms with Crippen molar-refractivity contribution in [3.63, 3.8) is 0 Å². The molecule has 3 nitrogen and oxygen atoms in total. The van der Waals surface area contributed by atoms with Crippen molar-refractivity contribution in [3.05, 3.63) is 18.0 Å². The molecule has 1 aliphatic heterocycles. The Morgan fingerprint density at radius 2 is 2.38 bits per heavy atom. The maximum atomic E-state index is 5.12. The van der Waals surface area contributed by atoms with Crippen molar-refractivity contribution >= 4 is 0 Å². The van der Waals surface area contributed by atoms with Crippen molar-refractivity contribution < 1.29 is 4.74 Å². The number of ether oxygens (including phenoxy) is 1. The predicted octanol–water partition coefficient (Wildman–Crippen LogP) is 1.65. The second-order valence-corrected chi connectivity index (χ2v) is 4.05. The van der Waals surface area contributed by atoms with Crippen LogP contribution in [0.5, 0.6) is 0 Å². The van der Waals surface area contributed by atoms with Crippen LogP contribution in [-0.4, -0.2) is 23.0 Å². The standard InChI is InChI=1S/C10H16N2O/c1-8(2)10-3-11-12(5-10)4-9-6-13-7-9/h3,5,8-9H,4,6-7H2,1-2H3. The molecule has 0 aromatic carbocycles. The van der Waals surface area contributed by atoms with E-state index >= 15 is 0 Å². The zero-order valence-corrected chi connectivity index (χ0v) is 8.23. The van der Waals surface area contributed by atoms with Crippen LogP contribution in [0.1, 0.15) is 25.3 Å². The fraction of sp³-hybridized carbons (Fsp3) is 0.700. The van der Waals surface area contributed by atoms with Crippen LogP contribution in [0.2, 0.25) is 0 Å². The molecule has 1 aliphatic rings. The second kappa shape index (κ2) is 3.50. The first-order chi connectivity index (χ1) is 6.25. The second-order valence-electron chi connectivity index (χ2n) is 4.05. The average molecular weight is 180 g/mol. The van der Waals surface area contributed by atoms with Gasteiger partial charge in [-0.2, -0.15) is 5.10 Å². The lowest BCUT2D eigenvalue weighted by molar-refractivity contribution is -0.0408. The van der Waals surface area contributed by atoms with Crippen LogP contribution in [0.25, 0.3) is 0 Å². The molecule has 0 unspecified atom stereocenters. The van der Waals surface area contributed by atoms with Crippen LogP contribution >= 0.6 is 0 Å². The van der Waals surface area contributed by atoms with Gasteiger partial charge in [-0.05, 0) is 11.5 Å². The quantitative estimate of drug-likeness (QED) is 0.707. The average Bonchev–Trinajstić information content (AvgIpc) is 2.44. The first-order valence-corrected chi connectivity index (χ1v) is 4.86. The highest BCUT2D eigenvalue weighted by Gasteiger charge is 2.19. The van der Waals surface area contributed by atoms with Gasteiger partial charge in [0.2, 0.25) is 0 Å². The molecule has 2 rings (SSSR count). The summed E-state index contributed by atoms with van der Waals surface area (Å²) in [5, 5.41) is 4.32. The van der Waals surface area contributed by atoms with Crippen LogP contribution in [0.15, 0.2) is 12.4 Å². The third kappa shape index (κ3) is 1.91. The van der Waals surface area contributed by atoms with Gasteiger partial charge in [0.05, 0.1) is 19.4 Å². The summed E-state index contributed by atoms with van der Waals surface area (Å²) in [6.07, 6.45) is 4.10. The Morgan fingerprint density at radius 3 is 2.85 bits per heavy atom. The summed E-state index contributed by atoms with van der Waals surface area (Å²) in [7, 11) is 0. The van der Waals surface area contributed by atoms with E-state index in [0.717, 1.165) is 19.8 Å². The van der Waals surface area contributed by atoms with E-state index < -0.39 is 0 Å². The minimum Gasteiger partial charge on any atom is -0.381 e. The van der Waals surface area contributed by atoms with Gasteiger partial charge in [0.25, 0.3) is 0 Å². The van der Waals surface area contributed by atoms with E-state index in [-0.39, 0.29) is 0 Å². The molecule has 0 spiro atoms. The highest BCUT2D eigenvalue weighted by Crippen LogP contribution is 2.15. The summed E-state index contributed by atoms with van der Waals surface area (Å²) in [6, 6.07) is 0. The zero-order chi connectivity index (χ0) is 9.26. The first kappa shape index (κ1) is 8.75. The van der Waals surface area contributed by atoms with E-state index in [1.807, 2.05) is 10.9 Å². The third-order valence-corrected chi connectivity index (χ3v) is 2.47. The van der Waals surface area contributed by atoms with Gasteiger partial charge in [0, 0.05) is 18.7 Å². The monoisotopic (exact) mass is 180 g/mol. The molecule has 0 saturated carbocycles. The molecule has 1 fully saturated rings. The van der Waals surface area contributed by atoms with Gasteiger partial charge < -0.3 is 4.74 Å². The molecule has 0 radical (unpaired) electrons. The van der Waals surface area contributed by atoms with Crippen LogP contribution in [0.3, 0.4) is 0 Å². The summed E-state index contributed by atoms with van der Waals surface area (Å²) in [5.41, 5.74) is 1.32. The van der Waals surface area contributed by atoms with E-state index in [9.17, 15) is 0 Å². The Morgan fingerprint density at radius 1 is 1.62 bits per heavy atom. The zero-order valence-electron chi connectivity index (χ0n) is 8.23. The summed E-state index contributed by atoms with van der Waals surface area (Å²) in [5.74, 6) is 1.26. The SMILES string of the molecule is CC(C)c1cnn(CC2COC2)c1. The van der Waals surface area contributed by atoms with E-state index in [2.05, 4.69) is 25.1 Å². The maximum Gasteiger partial charge on any atom is 0.0534 e. The molecule has 0 aliphatic carbocycles. The number of aromatic nitrogens is 2. The lowest BCUT2D eigenvalue weighted by atomic mass is 10.1. The van der Waals surface area contributed by atoms with Crippen molar-refractivity contribution in [1.82, 2.24) is 9.78 Å². The minimum atomic E-state index is 0.575. The number of hydrogen-bond donors (Lipinski definition) is 0. The summed E-state index contributed by atoms with van der Waals surface area (Å²) >= 11 is 0. The fourth-order valence-corrected chi connectivity index (χ4v) is 1.43. The molecule has 72 valence electrons. The van der Waals surface area contributed by atoms with E-state index in [1.54, 1.807) is 0 Å². The van der Waals surface area contributed by atoms with Gasteiger partial charge in [-0.25, -0.2) is 0 Å². The molecule has 0 bridgehead atoms. The molecular weight excluding hydrogens is 164 g/mol.